The number of unbranched alkanes of at least 4 members (excludes halogenated alkanes) is 1. The van der Waals surface area contributed by atoms with Crippen LogP contribution in [0.4, 0.5) is 0 Å². The lowest BCUT2D eigenvalue weighted by Crippen LogP contribution is -1.92. The van der Waals surface area contributed by atoms with Crippen molar-refractivity contribution in [3.05, 3.63) is 60.8 Å². The lowest BCUT2D eigenvalue weighted by atomic mass is 10.2. The first-order valence-corrected chi connectivity index (χ1v) is 7.66. The molecule has 0 rings (SSSR count). The number of rotatable bonds is 13. The van der Waals surface area contributed by atoms with Crippen LogP contribution in [0, 0.1) is 0 Å². The Kier molecular flexibility index (Phi) is 9.93. The quantitative estimate of drug-likeness (QED) is 0.335. The van der Waals surface area contributed by atoms with Crippen LogP contribution < -0.4 is 0 Å². The third kappa shape index (κ3) is 18.2. The molecule has 1 N–H and O–H groups in total. The van der Waals surface area contributed by atoms with Crippen molar-refractivity contribution in [1.29, 1.82) is 0 Å². The lowest BCUT2D eigenvalue weighted by Gasteiger charge is -1.89. The summed E-state index contributed by atoms with van der Waals surface area (Å²) in [7, 11) is 0. The summed E-state index contributed by atoms with van der Waals surface area (Å²) < 4.78 is 36.1. The van der Waals surface area contributed by atoms with Gasteiger partial charge in [0.15, 0.2) is 0 Å². The Morgan fingerprint density at radius 3 is 1.77 bits per heavy atom. The molecular weight excluding hydrogens is 272 g/mol. The number of carbonyl (C=O) groups is 1. The molecule has 0 fully saturated rings. The van der Waals surface area contributed by atoms with Gasteiger partial charge >= 0.3 is 5.97 Å². The maximum Gasteiger partial charge on any atom is 0.303 e. The second kappa shape index (κ2) is 17.2. The van der Waals surface area contributed by atoms with Crippen LogP contribution in [0.3, 0.4) is 0 Å². The highest BCUT2D eigenvalue weighted by molar-refractivity contribution is 5.66. The van der Waals surface area contributed by atoms with Crippen molar-refractivity contribution in [3.8, 4) is 0 Å². The van der Waals surface area contributed by atoms with E-state index in [2.05, 4.69) is 18.2 Å². The van der Waals surface area contributed by atoms with Gasteiger partial charge in [0.05, 0.1) is 0 Å². The zero-order chi connectivity index (χ0) is 20.6. The molecule has 0 bridgehead atoms. The molecule has 2 heteroatoms. The molecule has 0 heterocycles. The van der Waals surface area contributed by atoms with Crippen LogP contribution in [0.2, 0.25) is 0 Å². The van der Waals surface area contributed by atoms with Gasteiger partial charge in [0.2, 0.25) is 0 Å². The van der Waals surface area contributed by atoms with Crippen LogP contribution in [0.15, 0.2) is 60.8 Å². The highest BCUT2D eigenvalue weighted by Gasteiger charge is 1.92. The maximum absolute atomic E-state index is 10.3. The average molecular weight is 307 g/mol. The van der Waals surface area contributed by atoms with Crippen molar-refractivity contribution in [3.63, 3.8) is 0 Å². The molecule has 0 radical (unpaired) electrons. The average Bonchev–Trinajstić information content (AvgIpc) is 2.56. The fraction of sp³-hybridized carbons (Fsp3) is 0.450. The van der Waals surface area contributed by atoms with Gasteiger partial charge in [-0.2, -0.15) is 0 Å². The van der Waals surface area contributed by atoms with E-state index in [4.69, 9.17) is 12.0 Å². The van der Waals surface area contributed by atoms with E-state index < -0.39 is 19.2 Å². The van der Waals surface area contributed by atoms with Gasteiger partial charge < -0.3 is 5.11 Å². The molecule has 2 nitrogen and oxygen atoms in total. The smallest absolute Gasteiger partial charge is 0.303 e. The third-order valence-corrected chi connectivity index (χ3v) is 2.72. The molecular formula is C20H30O2. The summed E-state index contributed by atoms with van der Waals surface area (Å²) in [6.45, 7) is -2.64. The number of hydrogen-bond donors (Lipinski definition) is 1. The SMILES string of the molecule is [2H]C([2H])([2H])C([2H])([2H])C=CCC=CCC=CCC=CCC=CCCCC(=O)O. The van der Waals surface area contributed by atoms with E-state index in [0.29, 0.717) is 12.8 Å². The summed E-state index contributed by atoms with van der Waals surface area (Å²) in [5, 5.41) is 8.50. The zero-order valence-corrected chi connectivity index (χ0v) is 13.1. The Morgan fingerprint density at radius 2 is 1.32 bits per heavy atom. The van der Waals surface area contributed by atoms with Crippen LogP contribution in [0.25, 0.3) is 0 Å². The Labute approximate surface area is 142 Å². The van der Waals surface area contributed by atoms with E-state index in [1.165, 1.54) is 6.08 Å². The number of carboxylic acids is 1. The molecule has 0 amide bonds. The molecule has 22 heavy (non-hydrogen) atoms. The van der Waals surface area contributed by atoms with E-state index in [1.54, 1.807) is 0 Å². The lowest BCUT2D eigenvalue weighted by molar-refractivity contribution is -0.137. The second-order valence-corrected chi connectivity index (χ2v) is 4.66. The summed E-state index contributed by atoms with van der Waals surface area (Å²) in [6.07, 6.45) is 21.1. The number of carboxylic acid groups (broad SMARTS) is 1. The number of allylic oxidation sites excluding steroid dienone is 10. The van der Waals surface area contributed by atoms with E-state index in [-0.39, 0.29) is 6.42 Å². The summed E-state index contributed by atoms with van der Waals surface area (Å²) >= 11 is 0. The number of hydrogen-bond acceptors (Lipinski definition) is 1. The minimum Gasteiger partial charge on any atom is -0.481 e. The molecule has 0 atom stereocenters. The van der Waals surface area contributed by atoms with Crippen LogP contribution >= 0.6 is 0 Å². The summed E-state index contributed by atoms with van der Waals surface area (Å²) in [6, 6.07) is 0. The predicted octanol–water partition coefficient (Wildman–Crippen LogP) is 5.99. The van der Waals surface area contributed by atoms with Gasteiger partial charge in [0.25, 0.3) is 0 Å². The van der Waals surface area contributed by atoms with Gasteiger partial charge in [-0.05, 0) is 44.9 Å². The third-order valence-electron chi connectivity index (χ3n) is 2.72. The van der Waals surface area contributed by atoms with Gasteiger partial charge in [-0.25, -0.2) is 0 Å². The normalized spacial score (nSPS) is 17.4. The Morgan fingerprint density at radius 1 is 0.864 bits per heavy atom. The van der Waals surface area contributed by atoms with Gasteiger partial charge in [0, 0.05) is 13.3 Å². The van der Waals surface area contributed by atoms with Gasteiger partial charge in [0.1, 0.15) is 0 Å². The van der Waals surface area contributed by atoms with Crippen molar-refractivity contribution >= 4 is 5.97 Å². The van der Waals surface area contributed by atoms with Crippen molar-refractivity contribution in [1.82, 2.24) is 0 Å². The van der Waals surface area contributed by atoms with Crippen molar-refractivity contribution in [2.24, 2.45) is 0 Å². The molecule has 0 aliphatic carbocycles. The highest BCUT2D eigenvalue weighted by Crippen LogP contribution is 1.99. The summed E-state index contributed by atoms with van der Waals surface area (Å²) in [5.74, 6) is -0.752. The monoisotopic (exact) mass is 307 g/mol. The fourth-order valence-electron chi connectivity index (χ4n) is 1.60. The van der Waals surface area contributed by atoms with E-state index in [9.17, 15) is 4.79 Å². The first-order valence-electron chi connectivity index (χ1n) is 10.2. The van der Waals surface area contributed by atoms with Gasteiger partial charge in [-0.15, -0.1) is 0 Å². The van der Waals surface area contributed by atoms with Crippen LogP contribution in [0.5, 0.6) is 0 Å². The molecule has 0 aliphatic rings. The second-order valence-electron chi connectivity index (χ2n) is 4.66. The van der Waals surface area contributed by atoms with Crippen LogP contribution in [-0.2, 0) is 4.79 Å². The van der Waals surface area contributed by atoms with Gasteiger partial charge in [-0.1, -0.05) is 67.6 Å². The highest BCUT2D eigenvalue weighted by atomic mass is 16.4. The van der Waals surface area contributed by atoms with Gasteiger partial charge in [-0.3, -0.25) is 4.79 Å². The molecule has 0 aliphatic heterocycles. The molecule has 0 spiro atoms. The summed E-state index contributed by atoms with van der Waals surface area (Å²) in [4.78, 5) is 10.3. The minimum atomic E-state index is -2.64. The Hall–Kier alpha value is -1.83. The van der Waals surface area contributed by atoms with Crippen molar-refractivity contribution < 1.29 is 16.8 Å². The Balaban J connectivity index is 3.76. The van der Waals surface area contributed by atoms with E-state index >= 15 is 0 Å². The van der Waals surface area contributed by atoms with Crippen molar-refractivity contribution in [2.75, 3.05) is 0 Å². The first-order chi connectivity index (χ1) is 12.7. The van der Waals surface area contributed by atoms with Crippen LogP contribution in [0.1, 0.15) is 65.0 Å². The number of aliphatic carboxylic acids is 1. The first kappa shape index (κ1) is 12.7. The zero-order valence-electron chi connectivity index (χ0n) is 18.1. The maximum atomic E-state index is 10.3. The molecule has 0 aromatic heterocycles. The molecule has 122 valence electrons. The minimum absolute atomic E-state index is 0.215. The standard InChI is InChI=1S/C20H30O2/c1-2-3-4-5-6-7-8-9-10-11-12-13-14-15-16-17-18-19-20(21)22/h3-4,6-7,9-10,12-13,15-16H,2,5,8,11,14,17-19H2,1H3,(H,21,22)/i1D3,2D2. The van der Waals surface area contributed by atoms with Crippen LogP contribution in [-0.4, -0.2) is 11.1 Å². The molecule has 0 unspecified atom stereocenters. The molecule has 0 aromatic carbocycles. The molecule has 0 aromatic rings. The van der Waals surface area contributed by atoms with Crippen molar-refractivity contribution in [2.45, 2.75) is 58.2 Å². The molecule has 0 saturated carbocycles. The fourth-order valence-corrected chi connectivity index (χ4v) is 1.60. The predicted molar refractivity (Wildman–Crippen MR) is 95.9 cm³/mol. The largest absolute Gasteiger partial charge is 0.481 e. The van der Waals surface area contributed by atoms with E-state index in [0.717, 1.165) is 31.8 Å². The molecule has 0 saturated heterocycles. The Bertz CT molecular complexity index is 555. The topological polar surface area (TPSA) is 37.3 Å². The summed E-state index contributed by atoms with van der Waals surface area (Å²) in [5.41, 5.74) is 0. The van der Waals surface area contributed by atoms with E-state index in [1.807, 2.05) is 30.4 Å².